The first kappa shape index (κ1) is 20.4. The number of carbonyl (C=O) groups excluding carboxylic acids is 1. The largest absolute Gasteiger partial charge is 0.480 e. The summed E-state index contributed by atoms with van der Waals surface area (Å²) in [5.41, 5.74) is 5.57. The van der Waals surface area contributed by atoms with Crippen LogP contribution in [0.1, 0.15) is 17.2 Å². The van der Waals surface area contributed by atoms with Crippen molar-refractivity contribution in [1.29, 1.82) is 0 Å². The molecule has 7 heteroatoms. The lowest BCUT2D eigenvalue weighted by molar-refractivity contribution is -0.158. The van der Waals surface area contributed by atoms with E-state index in [1.165, 1.54) is 0 Å². The number of aliphatic carboxylic acids is 1. The van der Waals surface area contributed by atoms with Crippen LogP contribution in [0.15, 0.2) is 73.3 Å². The van der Waals surface area contributed by atoms with Crippen LogP contribution >= 0.6 is 0 Å². The molecule has 1 unspecified atom stereocenters. The van der Waals surface area contributed by atoms with Crippen LogP contribution in [0.5, 0.6) is 0 Å². The Morgan fingerprint density at radius 3 is 1.62 bits per heavy atom. The van der Waals surface area contributed by atoms with Gasteiger partial charge in [0, 0.05) is 0 Å². The van der Waals surface area contributed by atoms with E-state index in [9.17, 15) is 9.59 Å². The molecule has 0 radical (unpaired) electrons. The molecule has 136 valence electrons. The van der Waals surface area contributed by atoms with Crippen molar-refractivity contribution in [2.75, 3.05) is 0 Å². The topological polar surface area (TPSA) is 127 Å². The molecule has 0 spiro atoms. The van der Waals surface area contributed by atoms with Crippen molar-refractivity contribution in [2.24, 2.45) is 11.7 Å². The van der Waals surface area contributed by atoms with Crippen molar-refractivity contribution in [3.63, 3.8) is 0 Å². The predicted molar refractivity (Wildman–Crippen MR) is 94.4 cm³/mol. The monoisotopic (exact) mass is 357 g/mol. The zero-order chi connectivity index (χ0) is 19.5. The summed E-state index contributed by atoms with van der Waals surface area (Å²) in [6.07, 6.45) is -0.922. The Morgan fingerprint density at radius 2 is 1.31 bits per heavy atom. The normalized spacial score (nSPS) is 10.8. The number of rotatable bonds is 6. The quantitative estimate of drug-likeness (QED) is 0.414. The molecule has 1 atom stereocenters. The third-order valence-corrected chi connectivity index (χ3v) is 3.19. The van der Waals surface area contributed by atoms with E-state index in [0.717, 1.165) is 17.2 Å². The number of carboxylic acid groups (broad SMARTS) is 2. The smallest absolute Gasteiger partial charge is 0.402 e. The second-order valence-electron chi connectivity index (χ2n) is 5.03. The molecule has 0 saturated carbocycles. The number of primary amides is 1. The van der Waals surface area contributed by atoms with E-state index in [1.807, 2.05) is 60.7 Å². The van der Waals surface area contributed by atoms with E-state index in [2.05, 4.69) is 12.3 Å². The summed E-state index contributed by atoms with van der Waals surface area (Å²) < 4.78 is 5.45. The molecule has 2 aromatic carbocycles. The Hall–Kier alpha value is -3.61. The summed E-state index contributed by atoms with van der Waals surface area (Å²) in [5.74, 6) is -3.49. The first-order valence-electron chi connectivity index (χ1n) is 7.51. The molecular formula is C19H19NO6. The SMILES string of the molecule is C=CC(C(=O)O)C(=O)OC(c1ccccc1)c1ccccc1.NC(=O)O. The van der Waals surface area contributed by atoms with Gasteiger partial charge in [0.1, 0.15) is 0 Å². The molecule has 0 saturated heterocycles. The van der Waals surface area contributed by atoms with Crippen molar-refractivity contribution in [3.05, 3.63) is 84.4 Å². The molecule has 0 bridgehead atoms. The van der Waals surface area contributed by atoms with Crippen LogP contribution < -0.4 is 5.73 Å². The number of ether oxygens (including phenoxy) is 1. The zero-order valence-corrected chi connectivity index (χ0v) is 13.8. The molecule has 0 aromatic heterocycles. The van der Waals surface area contributed by atoms with Crippen LogP contribution in [0.4, 0.5) is 4.79 Å². The highest BCUT2D eigenvalue weighted by Gasteiger charge is 2.28. The average molecular weight is 357 g/mol. The molecular weight excluding hydrogens is 338 g/mol. The minimum atomic E-state index is -1.38. The van der Waals surface area contributed by atoms with Crippen LogP contribution in [0.3, 0.4) is 0 Å². The lowest BCUT2D eigenvalue weighted by Crippen LogP contribution is -2.25. The lowest BCUT2D eigenvalue weighted by Gasteiger charge is -2.20. The van der Waals surface area contributed by atoms with Gasteiger partial charge in [0.25, 0.3) is 0 Å². The number of amides is 1. The fourth-order valence-electron chi connectivity index (χ4n) is 2.07. The van der Waals surface area contributed by atoms with Gasteiger partial charge >= 0.3 is 18.0 Å². The Balaban J connectivity index is 0.000000765. The maximum atomic E-state index is 12.1. The Morgan fingerprint density at radius 1 is 0.923 bits per heavy atom. The average Bonchev–Trinajstić information content (AvgIpc) is 2.61. The standard InChI is InChI=1S/C18H16O4.CH3NO2/c1-2-15(17(19)20)18(21)22-16(13-9-5-3-6-10-13)14-11-7-4-8-12-14;2-1(3)4/h2-12,15-16H,1H2,(H,19,20);2H2,(H,3,4). The third kappa shape index (κ3) is 6.48. The maximum Gasteiger partial charge on any atom is 0.402 e. The predicted octanol–water partition coefficient (Wildman–Crippen LogP) is 2.83. The summed E-state index contributed by atoms with van der Waals surface area (Å²) in [6, 6.07) is 18.4. The fraction of sp³-hybridized carbons (Fsp3) is 0.105. The van der Waals surface area contributed by atoms with E-state index < -0.39 is 30.1 Å². The molecule has 26 heavy (non-hydrogen) atoms. The van der Waals surface area contributed by atoms with Gasteiger partial charge < -0.3 is 20.7 Å². The van der Waals surface area contributed by atoms with Gasteiger partial charge in [-0.25, -0.2) is 4.79 Å². The highest BCUT2D eigenvalue weighted by atomic mass is 16.5. The Labute approximate surface area is 150 Å². The number of benzene rings is 2. The molecule has 7 nitrogen and oxygen atoms in total. The first-order valence-corrected chi connectivity index (χ1v) is 7.51. The van der Waals surface area contributed by atoms with E-state index in [-0.39, 0.29) is 0 Å². The molecule has 0 aliphatic carbocycles. The first-order chi connectivity index (χ1) is 12.4. The highest BCUT2D eigenvalue weighted by Crippen LogP contribution is 2.27. The summed E-state index contributed by atoms with van der Waals surface area (Å²) >= 11 is 0. The van der Waals surface area contributed by atoms with Gasteiger partial charge in [-0.3, -0.25) is 9.59 Å². The molecule has 0 fully saturated rings. The number of hydrogen-bond donors (Lipinski definition) is 3. The van der Waals surface area contributed by atoms with Crippen LogP contribution in [-0.4, -0.2) is 28.2 Å². The van der Waals surface area contributed by atoms with E-state index >= 15 is 0 Å². The number of hydrogen-bond acceptors (Lipinski definition) is 4. The molecule has 2 aromatic rings. The summed E-state index contributed by atoms with van der Waals surface area (Å²) in [6.45, 7) is 3.37. The summed E-state index contributed by atoms with van der Waals surface area (Å²) in [7, 11) is 0. The van der Waals surface area contributed by atoms with Crippen molar-refractivity contribution < 1.29 is 29.3 Å². The van der Waals surface area contributed by atoms with Gasteiger partial charge in [-0.2, -0.15) is 0 Å². The van der Waals surface area contributed by atoms with Crippen molar-refractivity contribution >= 4 is 18.0 Å². The highest BCUT2D eigenvalue weighted by molar-refractivity contribution is 5.96. The van der Waals surface area contributed by atoms with E-state index in [1.54, 1.807) is 0 Å². The van der Waals surface area contributed by atoms with Crippen molar-refractivity contribution in [3.8, 4) is 0 Å². The second-order valence-corrected chi connectivity index (χ2v) is 5.03. The molecule has 0 heterocycles. The van der Waals surface area contributed by atoms with Crippen molar-refractivity contribution in [2.45, 2.75) is 6.10 Å². The maximum absolute atomic E-state index is 12.1. The second kappa shape index (κ2) is 10.3. The van der Waals surface area contributed by atoms with Gasteiger partial charge in [0.05, 0.1) is 0 Å². The van der Waals surface area contributed by atoms with Gasteiger partial charge in [0.2, 0.25) is 0 Å². The van der Waals surface area contributed by atoms with Gasteiger partial charge in [-0.05, 0) is 11.1 Å². The van der Waals surface area contributed by atoms with E-state index in [0.29, 0.717) is 0 Å². The van der Waals surface area contributed by atoms with Crippen molar-refractivity contribution in [1.82, 2.24) is 0 Å². The van der Waals surface area contributed by atoms with Gasteiger partial charge in [-0.1, -0.05) is 66.7 Å². The molecule has 0 aliphatic heterocycles. The minimum Gasteiger partial charge on any atom is -0.480 e. The summed E-state index contributed by atoms with van der Waals surface area (Å²) in [5, 5.41) is 16.2. The number of nitrogens with two attached hydrogens (primary N) is 1. The van der Waals surface area contributed by atoms with Gasteiger partial charge in [0.15, 0.2) is 12.0 Å². The number of esters is 1. The molecule has 1 amide bonds. The number of carbonyl (C=O) groups is 3. The fourth-order valence-corrected chi connectivity index (χ4v) is 2.07. The van der Waals surface area contributed by atoms with Gasteiger partial charge in [-0.15, -0.1) is 6.58 Å². The zero-order valence-electron chi connectivity index (χ0n) is 13.8. The molecule has 0 aliphatic rings. The Kier molecular flexibility index (Phi) is 8.09. The third-order valence-electron chi connectivity index (χ3n) is 3.19. The van der Waals surface area contributed by atoms with Crippen LogP contribution in [0.25, 0.3) is 0 Å². The van der Waals surface area contributed by atoms with Crippen LogP contribution in [-0.2, 0) is 14.3 Å². The van der Waals surface area contributed by atoms with Crippen LogP contribution in [0.2, 0.25) is 0 Å². The number of carboxylic acids is 1. The molecule has 2 rings (SSSR count). The Bertz CT molecular complexity index is 702. The lowest BCUT2D eigenvalue weighted by atomic mass is 10.0. The van der Waals surface area contributed by atoms with Crippen LogP contribution in [0, 0.1) is 5.92 Å². The minimum absolute atomic E-state index is 0.656. The summed E-state index contributed by atoms with van der Waals surface area (Å²) in [4.78, 5) is 31.9. The molecule has 4 N–H and O–H groups in total. The van der Waals surface area contributed by atoms with E-state index in [4.69, 9.17) is 19.7 Å².